The van der Waals surface area contributed by atoms with Gasteiger partial charge in [0.2, 0.25) is 5.91 Å². The summed E-state index contributed by atoms with van der Waals surface area (Å²) in [5.74, 6) is 0.325. The zero-order chi connectivity index (χ0) is 17.5. The molecule has 1 atom stereocenters. The molecule has 3 aromatic rings. The molecule has 1 aromatic heterocycles. The molecule has 0 saturated carbocycles. The number of ether oxygens (including phenoxy) is 1. The molecule has 4 nitrogen and oxygen atoms in total. The number of amides is 1. The fourth-order valence-electron chi connectivity index (χ4n) is 2.71. The van der Waals surface area contributed by atoms with Crippen molar-refractivity contribution < 1.29 is 9.53 Å². The number of nitrogens with zero attached hydrogens (tertiary/aromatic N) is 1. The van der Waals surface area contributed by atoms with Crippen LogP contribution in [-0.2, 0) is 11.2 Å². The topological polar surface area (TPSA) is 51.2 Å². The Bertz CT molecular complexity index is 820. The number of hydrogen-bond donors (Lipinski definition) is 1. The quantitative estimate of drug-likeness (QED) is 0.741. The highest BCUT2D eigenvalue weighted by Gasteiger charge is 2.21. The Balaban J connectivity index is 1.84. The molecule has 1 unspecified atom stereocenters. The fraction of sp³-hybridized carbons (Fsp3) is 0.143. The number of nitrogens with one attached hydrogen (secondary N) is 1. The molecule has 0 aliphatic carbocycles. The van der Waals surface area contributed by atoms with Crippen molar-refractivity contribution in [3.05, 3.63) is 90.3 Å². The van der Waals surface area contributed by atoms with Crippen molar-refractivity contribution >= 4 is 11.6 Å². The second-order valence-corrected chi connectivity index (χ2v) is 5.71. The third-order valence-electron chi connectivity index (χ3n) is 4.00. The van der Waals surface area contributed by atoms with Gasteiger partial charge >= 0.3 is 0 Å². The van der Waals surface area contributed by atoms with E-state index in [1.54, 1.807) is 19.4 Å². The second kappa shape index (κ2) is 8.11. The molecule has 1 amide bonds. The molecule has 25 heavy (non-hydrogen) atoms. The largest absolute Gasteiger partial charge is 0.497 e. The van der Waals surface area contributed by atoms with Crippen LogP contribution in [0.1, 0.15) is 17.2 Å². The van der Waals surface area contributed by atoms with Gasteiger partial charge < -0.3 is 10.1 Å². The normalized spacial score (nSPS) is 11.6. The fourth-order valence-corrected chi connectivity index (χ4v) is 2.71. The molecular weight excluding hydrogens is 312 g/mol. The van der Waals surface area contributed by atoms with E-state index < -0.39 is 0 Å². The Morgan fingerprint density at radius 1 is 1.04 bits per heavy atom. The standard InChI is InChI=1S/C21H20N2O2/c1-25-19-12-7-11-18(14-19)23-21(24)20(16-8-3-2-4-9-16)15-17-10-5-6-13-22-17/h2-14,20H,15H2,1H3,(H,23,24). The lowest BCUT2D eigenvalue weighted by molar-refractivity contribution is -0.117. The Kier molecular flexibility index (Phi) is 5.42. The smallest absolute Gasteiger partial charge is 0.232 e. The van der Waals surface area contributed by atoms with Crippen LogP contribution in [0.25, 0.3) is 0 Å². The highest BCUT2D eigenvalue weighted by Crippen LogP contribution is 2.24. The predicted molar refractivity (Wildman–Crippen MR) is 98.7 cm³/mol. The first-order valence-corrected chi connectivity index (χ1v) is 8.16. The predicted octanol–water partition coefficient (Wildman–Crippen LogP) is 4.06. The van der Waals surface area contributed by atoms with Gasteiger partial charge in [-0.1, -0.05) is 42.5 Å². The van der Waals surface area contributed by atoms with E-state index in [4.69, 9.17) is 4.74 Å². The van der Waals surface area contributed by atoms with E-state index in [-0.39, 0.29) is 11.8 Å². The van der Waals surface area contributed by atoms with E-state index in [1.165, 1.54) is 0 Å². The van der Waals surface area contributed by atoms with Crippen LogP contribution in [0.2, 0.25) is 0 Å². The lowest BCUT2D eigenvalue weighted by Gasteiger charge is -2.17. The summed E-state index contributed by atoms with van der Waals surface area (Å²) in [7, 11) is 1.61. The van der Waals surface area contributed by atoms with Gasteiger partial charge in [0.25, 0.3) is 0 Å². The molecule has 2 aromatic carbocycles. The highest BCUT2D eigenvalue weighted by atomic mass is 16.5. The molecule has 0 spiro atoms. The van der Waals surface area contributed by atoms with Crippen LogP contribution in [-0.4, -0.2) is 18.0 Å². The van der Waals surface area contributed by atoms with Crippen LogP contribution < -0.4 is 10.1 Å². The molecule has 0 aliphatic heterocycles. The molecule has 126 valence electrons. The van der Waals surface area contributed by atoms with Gasteiger partial charge in [0, 0.05) is 30.1 Å². The van der Waals surface area contributed by atoms with Gasteiger partial charge in [0.1, 0.15) is 5.75 Å². The number of aromatic nitrogens is 1. The van der Waals surface area contributed by atoms with Crippen LogP contribution >= 0.6 is 0 Å². The maximum atomic E-state index is 12.9. The number of carbonyl (C=O) groups excluding carboxylic acids is 1. The summed E-state index contributed by atoms with van der Waals surface area (Å²) >= 11 is 0. The molecule has 1 heterocycles. The summed E-state index contributed by atoms with van der Waals surface area (Å²) in [4.78, 5) is 17.3. The minimum Gasteiger partial charge on any atom is -0.497 e. The lowest BCUT2D eigenvalue weighted by atomic mass is 9.93. The summed E-state index contributed by atoms with van der Waals surface area (Å²) in [6.07, 6.45) is 2.29. The van der Waals surface area contributed by atoms with Gasteiger partial charge in [-0.05, 0) is 29.8 Å². The monoisotopic (exact) mass is 332 g/mol. The minimum atomic E-state index is -0.317. The van der Waals surface area contributed by atoms with Gasteiger partial charge in [-0.15, -0.1) is 0 Å². The summed E-state index contributed by atoms with van der Waals surface area (Å²) in [5.41, 5.74) is 2.57. The summed E-state index contributed by atoms with van der Waals surface area (Å²) < 4.78 is 5.22. The SMILES string of the molecule is COc1cccc(NC(=O)C(Cc2ccccn2)c2ccccc2)c1. The lowest BCUT2D eigenvalue weighted by Crippen LogP contribution is -2.23. The molecule has 0 fully saturated rings. The number of pyridine rings is 1. The van der Waals surface area contributed by atoms with Crippen molar-refractivity contribution in [2.24, 2.45) is 0 Å². The molecule has 0 radical (unpaired) electrons. The first kappa shape index (κ1) is 16.7. The number of benzene rings is 2. The van der Waals surface area contributed by atoms with E-state index in [9.17, 15) is 4.79 Å². The summed E-state index contributed by atoms with van der Waals surface area (Å²) in [6.45, 7) is 0. The molecule has 1 N–H and O–H groups in total. The molecular formula is C21H20N2O2. The number of hydrogen-bond acceptors (Lipinski definition) is 3. The molecule has 0 saturated heterocycles. The molecule has 0 aliphatic rings. The van der Waals surface area contributed by atoms with Crippen molar-refractivity contribution in [1.29, 1.82) is 0 Å². The first-order valence-electron chi connectivity index (χ1n) is 8.16. The Morgan fingerprint density at radius 2 is 1.84 bits per heavy atom. The van der Waals surface area contributed by atoms with Crippen LogP contribution in [0.4, 0.5) is 5.69 Å². The van der Waals surface area contributed by atoms with E-state index in [0.717, 1.165) is 11.3 Å². The van der Waals surface area contributed by atoms with Crippen molar-refractivity contribution in [2.75, 3.05) is 12.4 Å². The van der Waals surface area contributed by atoms with Gasteiger partial charge in [-0.25, -0.2) is 0 Å². The zero-order valence-electron chi connectivity index (χ0n) is 14.1. The highest BCUT2D eigenvalue weighted by molar-refractivity contribution is 5.96. The van der Waals surface area contributed by atoms with Crippen LogP contribution in [0.5, 0.6) is 5.75 Å². The van der Waals surface area contributed by atoms with E-state index in [0.29, 0.717) is 17.9 Å². The number of rotatable bonds is 6. The molecule has 3 rings (SSSR count). The van der Waals surface area contributed by atoms with Crippen LogP contribution in [0.15, 0.2) is 79.0 Å². The van der Waals surface area contributed by atoms with Crippen molar-refractivity contribution in [3.63, 3.8) is 0 Å². The number of methoxy groups -OCH3 is 1. The van der Waals surface area contributed by atoms with Gasteiger partial charge in [0.15, 0.2) is 0 Å². The Labute approximate surface area is 147 Å². The average Bonchev–Trinajstić information content (AvgIpc) is 2.67. The second-order valence-electron chi connectivity index (χ2n) is 5.71. The van der Waals surface area contributed by atoms with Crippen LogP contribution in [0, 0.1) is 0 Å². The summed E-state index contributed by atoms with van der Waals surface area (Å²) in [5, 5.41) is 2.99. The maximum Gasteiger partial charge on any atom is 0.232 e. The van der Waals surface area contributed by atoms with Crippen molar-refractivity contribution in [2.45, 2.75) is 12.3 Å². The Morgan fingerprint density at radius 3 is 2.56 bits per heavy atom. The van der Waals surface area contributed by atoms with E-state index >= 15 is 0 Å². The maximum absolute atomic E-state index is 12.9. The van der Waals surface area contributed by atoms with Crippen molar-refractivity contribution in [1.82, 2.24) is 4.98 Å². The third-order valence-corrected chi connectivity index (χ3v) is 4.00. The van der Waals surface area contributed by atoms with E-state index in [1.807, 2.05) is 66.7 Å². The van der Waals surface area contributed by atoms with Crippen LogP contribution in [0.3, 0.4) is 0 Å². The van der Waals surface area contributed by atoms with Crippen molar-refractivity contribution in [3.8, 4) is 5.75 Å². The number of carbonyl (C=O) groups is 1. The minimum absolute atomic E-state index is 0.0647. The third kappa shape index (κ3) is 4.44. The van der Waals surface area contributed by atoms with Gasteiger partial charge in [-0.3, -0.25) is 9.78 Å². The zero-order valence-corrected chi connectivity index (χ0v) is 14.1. The van der Waals surface area contributed by atoms with Gasteiger partial charge in [-0.2, -0.15) is 0 Å². The first-order chi connectivity index (χ1) is 12.3. The summed E-state index contributed by atoms with van der Waals surface area (Å²) in [6, 6.07) is 22.9. The molecule has 4 heteroatoms. The number of anilines is 1. The Hall–Kier alpha value is -3.14. The molecule has 0 bridgehead atoms. The average molecular weight is 332 g/mol. The van der Waals surface area contributed by atoms with Gasteiger partial charge in [0.05, 0.1) is 13.0 Å². The van der Waals surface area contributed by atoms with E-state index in [2.05, 4.69) is 10.3 Å².